The quantitative estimate of drug-likeness (QED) is 0.323. The van der Waals surface area contributed by atoms with Gasteiger partial charge in [0, 0.05) is 11.6 Å². The topological polar surface area (TPSA) is 59.6 Å². The fourth-order valence-corrected chi connectivity index (χ4v) is 2.60. The zero-order valence-electron chi connectivity index (χ0n) is 13.0. The van der Waals surface area contributed by atoms with Crippen molar-refractivity contribution in [2.24, 2.45) is 10.7 Å². The molecule has 0 saturated heterocycles. The van der Waals surface area contributed by atoms with Crippen LogP contribution in [0.25, 0.3) is 0 Å². The van der Waals surface area contributed by atoms with Crippen LogP contribution >= 0.6 is 24.0 Å². The van der Waals surface area contributed by atoms with Gasteiger partial charge in [-0.15, -0.1) is 24.0 Å². The standard InChI is InChI=1S/C17H25N3O.HI/c1-2-12-21-16-11-7-6-8-14(16)13-19-17(18)20-15-9-4-3-5-10-15;/h2,6-8,11,15H,1,3-5,9-10,12-13H2,(H3,18,19,20);1H. The van der Waals surface area contributed by atoms with Gasteiger partial charge in [0.1, 0.15) is 12.4 Å². The van der Waals surface area contributed by atoms with Crippen molar-refractivity contribution in [3.63, 3.8) is 0 Å². The Hall–Kier alpha value is -1.24. The van der Waals surface area contributed by atoms with Crippen LogP contribution in [-0.2, 0) is 6.54 Å². The molecular formula is C17H26IN3O. The Labute approximate surface area is 150 Å². The third-order valence-electron chi connectivity index (χ3n) is 3.71. The van der Waals surface area contributed by atoms with E-state index >= 15 is 0 Å². The minimum atomic E-state index is 0. The van der Waals surface area contributed by atoms with Crippen LogP contribution in [0.1, 0.15) is 37.7 Å². The molecule has 3 N–H and O–H groups in total. The number of nitrogens with one attached hydrogen (secondary N) is 1. The van der Waals surface area contributed by atoms with E-state index in [-0.39, 0.29) is 24.0 Å². The van der Waals surface area contributed by atoms with Crippen LogP contribution in [0, 0.1) is 0 Å². The van der Waals surface area contributed by atoms with Gasteiger partial charge in [-0.05, 0) is 18.9 Å². The Morgan fingerprint density at radius 1 is 1.32 bits per heavy atom. The molecule has 1 saturated carbocycles. The molecule has 0 heterocycles. The molecule has 122 valence electrons. The van der Waals surface area contributed by atoms with Gasteiger partial charge in [-0.1, -0.05) is 50.1 Å². The summed E-state index contributed by atoms with van der Waals surface area (Å²) in [6.45, 7) is 4.69. The van der Waals surface area contributed by atoms with Gasteiger partial charge in [-0.2, -0.15) is 0 Å². The first-order valence-electron chi connectivity index (χ1n) is 7.67. The fraction of sp³-hybridized carbons (Fsp3) is 0.471. The number of ether oxygens (including phenoxy) is 1. The number of guanidine groups is 1. The molecule has 1 aromatic carbocycles. The van der Waals surface area contributed by atoms with Crippen LogP contribution in [-0.4, -0.2) is 18.6 Å². The molecule has 1 aliphatic carbocycles. The third-order valence-corrected chi connectivity index (χ3v) is 3.71. The Kier molecular flexibility index (Phi) is 8.96. The molecule has 1 aromatic rings. The smallest absolute Gasteiger partial charge is 0.189 e. The maximum Gasteiger partial charge on any atom is 0.189 e. The minimum absolute atomic E-state index is 0. The Balaban J connectivity index is 0.00000242. The van der Waals surface area contributed by atoms with Crippen LogP contribution in [0.4, 0.5) is 0 Å². The number of hydrogen-bond acceptors (Lipinski definition) is 2. The minimum Gasteiger partial charge on any atom is -0.489 e. The lowest BCUT2D eigenvalue weighted by molar-refractivity contribution is 0.359. The van der Waals surface area contributed by atoms with Crippen molar-refractivity contribution in [1.29, 1.82) is 0 Å². The number of nitrogens with two attached hydrogens (primary N) is 1. The summed E-state index contributed by atoms with van der Waals surface area (Å²) in [5, 5.41) is 3.32. The van der Waals surface area contributed by atoms with E-state index in [0.29, 0.717) is 25.2 Å². The number of benzene rings is 1. The van der Waals surface area contributed by atoms with Crippen LogP contribution in [0.5, 0.6) is 5.75 Å². The van der Waals surface area contributed by atoms with E-state index in [2.05, 4.69) is 16.9 Å². The first-order chi connectivity index (χ1) is 10.3. The molecular weight excluding hydrogens is 389 g/mol. The average Bonchev–Trinajstić information content (AvgIpc) is 2.52. The van der Waals surface area contributed by atoms with Gasteiger partial charge in [0.15, 0.2) is 5.96 Å². The van der Waals surface area contributed by atoms with Crippen molar-refractivity contribution in [3.8, 4) is 5.75 Å². The van der Waals surface area contributed by atoms with Crippen molar-refractivity contribution in [1.82, 2.24) is 5.32 Å². The summed E-state index contributed by atoms with van der Waals surface area (Å²) >= 11 is 0. The molecule has 0 spiro atoms. The number of nitrogens with zero attached hydrogens (tertiary/aromatic N) is 1. The van der Waals surface area contributed by atoms with Gasteiger partial charge in [-0.3, -0.25) is 0 Å². The van der Waals surface area contributed by atoms with Gasteiger partial charge < -0.3 is 15.8 Å². The van der Waals surface area contributed by atoms with Crippen molar-refractivity contribution >= 4 is 29.9 Å². The van der Waals surface area contributed by atoms with E-state index in [1.807, 2.05) is 24.3 Å². The second kappa shape index (κ2) is 10.5. The molecule has 1 fully saturated rings. The number of rotatable bonds is 6. The van der Waals surface area contributed by atoms with Crippen LogP contribution in [0.15, 0.2) is 41.9 Å². The first-order valence-corrected chi connectivity index (χ1v) is 7.67. The maximum atomic E-state index is 5.98. The number of aliphatic imine (C=N–C) groups is 1. The molecule has 0 unspecified atom stereocenters. The molecule has 22 heavy (non-hydrogen) atoms. The number of halogens is 1. The summed E-state index contributed by atoms with van der Waals surface area (Å²) in [6.07, 6.45) is 8.01. The molecule has 0 bridgehead atoms. The number of para-hydroxylation sites is 1. The zero-order valence-corrected chi connectivity index (χ0v) is 15.3. The van der Waals surface area contributed by atoms with E-state index < -0.39 is 0 Å². The Bertz CT molecular complexity index is 485. The highest BCUT2D eigenvalue weighted by Crippen LogP contribution is 2.19. The van der Waals surface area contributed by atoms with E-state index in [4.69, 9.17) is 10.5 Å². The Morgan fingerprint density at radius 2 is 2.05 bits per heavy atom. The normalized spacial score (nSPS) is 15.7. The highest BCUT2D eigenvalue weighted by Gasteiger charge is 2.13. The fourth-order valence-electron chi connectivity index (χ4n) is 2.60. The van der Waals surface area contributed by atoms with Crippen molar-refractivity contribution in [3.05, 3.63) is 42.5 Å². The average molecular weight is 415 g/mol. The highest BCUT2D eigenvalue weighted by atomic mass is 127. The summed E-state index contributed by atoms with van der Waals surface area (Å²) in [7, 11) is 0. The van der Waals surface area contributed by atoms with E-state index in [9.17, 15) is 0 Å². The number of hydrogen-bond donors (Lipinski definition) is 2. The lowest BCUT2D eigenvalue weighted by atomic mass is 9.96. The van der Waals surface area contributed by atoms with Gasteiger partial charge in [0.25, 0.3) is 0 Å². The molecule has 5 heteroatoms. The van der Waals surface area contributed by atoms with E-state index in [0.717, 1.165) is 11.3 Å². The summed E-state index contributed by atoms with van der Waals surface area (Å²) < 4.78 is 5.62. The molecule has 2 rings (SSSR count). The van der Waals surface area contributed by atoms with Crippen molar-refractivity contribution in [2.45, 2.75) is 44.7 Å². The summed E-state index contributed by atoms with van der Waals surface area (Å²) in [6, 6.07) is 8.37. The second-order valence-electron chi connectivity index (χ2n) is 5.39. The van der Waals surface area contributed by atoms with Crippen LogP contribution in [0.2, 0.25) is 0 Å². The third kappa shape index (κ3) is 6.25. The van der Waals surface area contributed by atoms with Gasteiger partial charge in [-0.25, -0.2) is 4.99 Å². The molecule has 1 aliphatic rings. The van der Waals surface area contributed by atoms with E-state index in [1.54, 1.807) is 6.08 Å². The summed E-state index contributed by atoms with van der Waals surface area (Å²) in [4.78, 5) is 4.43. The molecule has 4 nitrogen and oxygen atoms in total. The highest BCUT2D eigenvalue weighted by molar-refractivity contribution is 14.0. The van der Waals surface area contributed by atoms with Gasteiger partial charge in [0.2, 0.25) is 0 Å². The van der Waals surface area contributed by atoms with Crippen molar-refractivity contribution in [2.75, 3.05) is 6.61 Å². The van der Waals surface area contributed by atoms with Gasteiger partial charge >= 0.3 is 0 Å². The van der Waals surface area contributed by atoms with Crippen molar-refractivity contribution < 1.29 is 4.74 Å². The first kappa shape index (κ1) is 18.8. The molecule has 0 radical (unpaired) electrons. The lowest BCUT2D eigenvalue weighted by Crippen LogP contribution is -2.41. The molecule has 0 atom stereocenters. The largest absolute Gasteiger partial charge is 0.489 e. The van der Waals surface area contributed by atoms with Gasteiger partial charge in [0.05, 0.1) is 6.54 Å². The molecule has 0 amide bonds. The Morgan fingerprint density at radius 3 is 2.77 bits per heavy atom. The monoisotopic (exact) mass is 415 g/mol. The summed E-state index contributed by atoms with van der Waals surface area (Å²) in [5.74, 6) is 1.37. The maximum absolute atomic E-state index is 5.98. The molecule has 0 aliphatic heterocycles. The second-order valence-corrected chi connectivity index (χ2v) is 5.39. The van der Waals surface area contributed by atoms with E-state index in [1.165, 1.54) is 32.1 Å². The predicted molar refractivity (Wildman–Crippen MR) is 103 cm³/mol. The van der Waals surface area contributed by atoms with Crippen LogP contribution < -0.4 is 15.8 Å². The SMILES string of the molecule is C=CCOc1ccccc1CN=C(N)NC1CCCCC1.I. The molecule has 0 aromatic heterocycles. The summed E-state index contributed by atoms with van der Waals surface area (Å²) in [5.41, 5.74) is 7.02. The zero-order chi connectivity index (χ0) is 14.9. The lowest BCUT2D eigenvalue weighted by Gasteiger charge is -2.23. The predicted octanol–water partition coefficient (Wildman–Crippen LogP) is 3.61. The van der Waals surface area contributed by atoms with Crippen LogP contribution in [0.3, 0.4) is 0 Å².